The molecule has 1 aromatic heterocycles. The standard InChI is InChI=1S/C20H21N5O5/c1-12(26)18(25-24-15-5-3-4-6-17(15)30-10-9-29-2)19(27)21-13-7-8-14-16(11-13)23-20(28)22-14/h3-8,11,18H,9-10H2,1-2H3,(H,21,27)(H2,22,23,28). The summed E-state index contributed by atoms with van der Waals surface area (Å²) in [6.07, 6.45) is 0. The lowest BCUT2D eigenvalue weighted by Gasteiger charge is -2.10. The van der Waals surface area contributed by atoms with E-state index in [1.807, 2.05) is 0 Å². The number of hydrogen-bond donors (Lipinski definition) is 3. The van der Waals surface area contributed by atoms with Gasteiger partial charge in [-0.3, -0.25) is 9.59 Å². The number of Topliss-reactive ketones (excluding diaryl/α,β-unsaturated/α-hetero) is 1. The first-order chi connectivity index (χ1) is 14.5. The van der Waals surface area contributed by atoms with E-state index >= 15 is 0 Å². The van der Waals surface area contributed by atoms with Crippen LogP contribution in [0.25, 0.3) is 11.0 Å². The Kier molecular flexibility index (Phi) is 6.71. The van der Waals surface area contributed by atoms with Crippen molar-refractivity contribution < 1.29 is 19.1 Å². The first-order valence-electron chi connectivity index (χ1n) is 9.13. The van der Waals surface area contributed by atoms with Crippen molar-refractivity contribution in [1.29, 1.82) is 0 Å². The highest BCUT2D eigenvalue weighted by Crippen LogP contribution is 2.27. The van der Waals surface area contributed by atoms with Crippen LogP contribution in [-0.2, 0) is 14.3 Å². The van der Waals surface area contributed by atoms with E-state index in [9.17, 15) is 14.4 Å². The van der Waals surface area contributed by atoms with E-state index in [0.29, 0.717) is 41.4 Å². The fourth-order valence-corrected chi connectivity index (χ4v) is 2.66. The van der Waals surface area contributed by atoms with Crippen LogP contribution in [-0.4, -0.2) is 48.0 Å². The molecule has 0 radical (unpaired) electrons. The first kappa shape index (κ1) is 20.9. The third-order valence-corrected chi connectivity index (χ3v) is 4.11. The quantitative estimate of drug-likeness (QED) is 0.282. The number of carbonyl (C=O) groups is 2. The summed E-state index contributed by atoms with van der Waals surface area (Å²) in [7, 11) is 1.57. The van der Waals surface area contributed by atoms with E-state index < -0.39 is 17.7 Å². The number of imidazole rings is 1. The number of aromatic amines is 2. The van der Waals surface area contributed by atoms with E-state index in [1.165, 1.54) is 6.92 Å². The second-order valence-electron chi connectivity index (χ2n) is 6.37. The summed E-state index contributed by atoms with van der Waals surface area (Å²) in [5.74, 6) is -0.644. The molecule has 10 nitrogen and oxygen atoms in total. The Morgan fingerprint density at radius 3 is 2.63 bits per heavy atom. The number of methoxy groups -OCH3 is 1. The van der Waals surface area contributed by atoms with Crippen LogP contribution in [0.5, 0.6) is 5.75 Å². The van der Waals surface area contributed by atoms with E-state index in [-0.39, 0.29) is 5.69 Å². The zero-order chi connectivity index (χ0) is 21.5. The molecule has 10 heteroatoms. The Morgan fingerprint density at radius 2 is 1.87 bits per heavy atom. The summed E-state index contributed by atoms with van der Waals surface area (Å²) in [5, 5.41) is 10.6. The van der Waals surface area contributed by atoms with Crippen LogP contribution in [0.1, 0.15) is 6.92 Å². The van der Waals surface area contributed by atoms with E-state index in [4.69, 9.17) is 9.47 Å². The zero-order valence-corrected chi connectivity index (χ0v) is 16.5. The van der Waals surface area contributed by atoms with Crippen molar-refractivity contribution in [2.45, 2.75) is 13.0 Å². The number of para-hydroxylation sites is 1. The average Bonchev–Trinajstić information content (AvgIpc) is 3.08. The molecule has 3 aromatic rings. The number of carbonyl (C=O) groups excluding carboxylic acids is 2. The zero-order valence-electron chi connectivity index (χ0n) is 16.5. The maximum Gasteiger partial charge on any atom is 0.323 e. The van der Waals surface area contributed by atoms with Crippen LogP contribution in [0.4, 0.5) is 11.4 Å². The Hall–Kier alpha value is -3.79. The van der Waals surface area contributed by atoms with Crippen molar-refractivity contribution >= 4 is 34.1 Å². The molecule has 0 aliphatic carbocycles. The second-order valence-corrected chi connectivity index (χ2v) is 6.37. The van der Waals surface area contributed by atoms with Crippen LogP contribution in [0.2, 0.25) is 0 Å². The van der Waals surface area contributed by atoms with Crippen LogP contribution in [0.3, 0.4) is 0 Å². The fraction of sp³-hybridized carbons (Fsp3) is 0.250. The number of amides is 1. The van der Waals surface area contributed by atoms with Crippen molar-refractivity contribution in [3.8, 4) is 5.75 Å². The van der Waals surface area contributed by atoms with Crippen molar-refractivity contribution in [2.75, 3.05) is 25.6 Å². The van der Waals surface area contributed by atoms with Gasteiger partial charge in [0.2, 0.25) is 6.04 Å². The molecule has 3 N–H and O–H groups in total. The van der Waals surface area contributed by atoms with Crippen molar-refractivity contribution in [2.24, 2.45) is 10.2 Å². The molecule has 0 saturated carbocycles. The number of nitrogens with zero attached hydrogens (tertiary/aromatic N) is 2. The minimum Gasteiger partial charge on any atom is -0.489 e. The number of rotatable bonds is 9. The summed E-state index contributed by atoms with van der Waals surface area (Å²) in [5.41, 5.74) is 1.58. The lowest BCUT2D eigenvalue weighted by Crippen LogP contribution is -2.31. The van der Waals surface area contributed by atoms with Gasteiger partial charge < -0.3 is 24.8 Å². The Labute approximate surface area is 171 Å². The summed E-state index contributed by atoms with van der Waals surface area (Å²) < 4.78 is 10.5. The van der Waals surface area contributed by atoms with Crippen molar-refractivity contribution in [3.63, 3.8) is 0 Å². The van der Waals surface area contributed by atoms with E-state index in [1.54, 1.807) is 49.6 Å². The second kappa shape index (κ2) is 9.61. The number of anilines is 1. The van der Waals surface area contributed by atoms with Gasteiger partial charge in [-0.2, -0.15) is 10.2 Å². The predicted molar refractivity (Wildman–Crippen MR) is 110 cm³/mol. The molecule has 0 bridgehead atoms. The smallest absolute Gasteiger partial charge is 0.323 e. The number of benzene rings is 2. The van der Waals surface area contributed by atoms with Gasteiger partial charge in [-0.05, 0) is 37.3 Å². The number of nitrogens with one attached hydrogen (secondary N) is 3. The lowest BCUT2D eigenvalue weighted by atomic mass is 10.2. The fourth-order valence-electron chi connectivity index (χ4n) is 2.66. The highest BCUT2D eigenvalue weighted by molar-refractivity contribution is 6.10. The van der Waals surface area contributed by atoms with Gasteiger partial charge in [0.1, 0.15) is 18.0 Å². The number of H-pyrrole nitrogens is 2. The molecule has 0 saturated heterocycles. The molecular formula is C20H21N5O5. The molecule has 30 heavy (non-hydrogen) atoms. The Morgan fingerprint density at radius 1 is 1.10 bits per heavy atom. The molecule has 156 valence electrons. The van der Waals surface area contributed by atoms with Gasteiger partial charge in [0.25, 0.3) is 5.91 Å². The number of aromatic nitrogens is 2. The monoisotopic (exact) mass is 411 g/mol. The highest BCUT2D eigenvalue weighted by atomic mass is 16.5. The van der Waals surface area contributed by atoms with E-state index in [2.05, 4.69) is 25.5 Å². The summed E-state index contributed by atoms with van der Waals surface area (Å²) in [6, 6.07) is 10.4. The minimum atomic E-state index is -1.34. The molecule has 1 heterocycles. The van der Waals surface area contributed by atoms with Gasteiger partial charge >= 0.3 is 5.69 Å². The normalized spacial score (nSPS) is 12.2. The number of fused-ring (bicyclic) bond motifs is 1. The van der Waals surface area contributed by atoms with Crippen molar-refractivity contribution in [1.82, 2.24) is 9.97 Å². The Bertz CT molecular complexity index is 1130. The topological polar surface area (TPSA) is 138 Å². The van der Waals surface area contributed by atoms with Gasteiger partial charge in [-0.15, -0.1) is 0 Å². The lowest BCUT2D eigenvalue weighted by molar-refractivity contribution is -0.126. The molecule has 1 amide bonds. The average molecular weight is 411 g/mol. The minimum absolute atomic E-state index is 0.323. The SMILES string of the molecule is COCCOc1ccccc1N=NC(C(C)=O)C(=O)Nc1ccc2[nH]c(=O)[nH]c2c1. The largest absolute Gasteiger partial charge is 0.489 e. The van der Waals surface area contributed by atoms with Crippen LogP contribution in [0.15, 0.2) is 57.5 Å². The molecule has 2 aromatic carbocycles. The number of azo groups is 1. The summed E-state index contributed by atoms with van der Waals surface area (Å²) in [6.45, 7) is 1.99. The molecule has 0 spiro atoms. The van der Waals surface area contributed by atoms with Crippen LogP contribution in [0, 0.1) is 0 Å². The van der Waals surface area contributed by atoms with Gasteiger partial charge in [0.05, 0.1) is 17.6 Å². The molecule has 3 rings (SSSR count). The third-order valence-electron chi connectivity index (χ3n) is 4.11. The van der Waals surface area contributed by atoms with Gasteiger partial charge in [0.15, 0.2) is 5.78 Å². The number of hydrogen-bond acceptors (Lipinski definition) is 7. The van der Waals surface area contributed by atoms with Gasteiger partial charge in [-0.25, -0.2) is 4.79 Å². The molecule has 0 fully saturated rings. The van der Waals surface area contributed by atoms with E-state index in [0.717, 1.165) is 0 Å². The molecule has 1 unspecified atom stereocenters. The van der Waals surface area contributed by atoms with Crippen LogP contribution < -0.4 is 15.7 Å². The molecule has 1 atom stereocenters. The first-order valence-corrected chi connectivity index (χ1v) is 9.13. The summed E-state index contributed by atoms with van der Waals surface area (Å²) in [4.78, 5) is 41.2. The highest BCUT2D eigenvalue weighted by Gasteiger charge is 2.23. The van der Waals surface area contributed by atoms with Gasteiger partial charge in [0, 0.05) is 12.8 Å². The molecule has 0 aliphatic rings. The third kappa shape index (κ3) is 5.17. The number of ether oxygens (including phenoxy) is 2. The van der Waals surface area contributed by atoms with Crippen molar-refractivity contribution in [3.05, 3.63) is 52.9 Å². The number of ketones is 1. The summed E-state index contributed by atoms with van der Waals surface area (Å²) >= 11 is 0. The maximum absolute atomic E-state index is 12.6. The predicted octanol–water partition coefficient (Wildman–Crippen LogP) is 2.56. The molecular weight excluding hydrogens is 390 g/mol. The van der Waals surface area contributed by atoms with Gasteiger partial charge in [-0.1, -0.05) is 12.1 Å². The Balaban J connectivity index is 1.75. The maximum atomic E-state index is 12.6. The molecule has 0 aliphatic heterocycles. The van der Waals surface area contributed by atoms with Crippen LogP contribution >= 0.6 is 0 Å².